The normalized spacial score (nSPS) is 23.4. The molecule has 2 aromatic heterocycles. The van der Waals surface area contributed by atoms with Crippen molar-refractivity contribution in [2.75, 3.05) is 18.9 Å². The molecule has 4 rings (SSSR count). The number of aromatic nitrogens is 2. The van der Waals surface area contributed by atoms with Gasteiger partial charge in [0.05, 0.1) is 0 Å². The number of ether oxygens (including phenoxy) is 1. The molecular weight excluding hydrogens is 332 g/mol. The van der Waals surface area contributed by atoms with Gasteiger partial charge >= 0.3 is 0 Å². The summed E-state index contributed by atoms with van der Waals surface area (Å²) in [5.41, 5.74) is 2.59. The Hall–Kier alpha value is -1.66. The minimum atomic E-state index is 0.264. The van der Waals surface area contributed by atoms with Crippen molar-refractivity contribution >= 4 is 16.5 Å². The maximum Gasteiger partial charge on any atom is 0.182 e. The first-order valence-corrected chi connectivity index (χ1v) is 10.0. The van der Waals surface area contributed by atoms with Crippen molar-refractivity contribution in [2.45, 2.75) is 57.7 Å². The molecular formula is C19H26N4OS. The monoisotopic (exact) mass is 358 g/mol. The van der Waals surface area contributed by atoms with Crippen molar-refractivity contribution in [3.63, 3.8) is 0 Å². The molecule has 0 amide bonds. The van der Waals surface area contributed by atoms with Crippen LogP contribution in [0.4, 0.5) is 5.13 Å². The highest BCUT2D eigenvalue weighted by atomic mass is 32.1. The predicted molar refractivity (Wildman–Crippen MR) is 101 cm³/mol. The SMILES string of the molecule is CNc1ncc(CN2CC(Oc3ccnc4c3CCCC4)CC2C)s1. The Bertz CT molecular complexity index is 732. The van der Waals surface area contributed by atoms with Crippen LogP contribution < -0.4 is 10.1 Å². The van der Waals surface area contributed by atoms with E-state index in [4.69, 9.17) is 4.74 Å². The van der Waals surface area contributed by atoms with Gasteiger partial charge in [-0.2, -0.15) is 0 Å². The molecule has 0 aromatic carbocycles. The second-order valence-corrected chi connectivity index (χ2v) is 8.19. The number of anilines is 1. The van der Waals surface area contributed by atoms with E-state index in [1.165, 1.54) is 29.0 Å². The zero-order valence-corrected chi connectivity index (χ0v) is 15.8. The third-order valence-electron chi connectivity index (χ3n) is 5.28. The summed E-state index contributed by atoms with van der Waals surface area (Å²) in [6, 6.07) is 2.59. The van der Waals surface area contributed by atoms with Crippen LogP contribution in [0.3, 0.4) is 0 Å². The summed E-state index contributed by atoms with van der Waals surface area (Å²) in [5.74, 6) is 1.07. The third kappa shape index (κ3) is 3.65. The fourth-order valence-corrected chi connectivity index (χ4v) is 4.72. The molecule has 1 fully saturated rings. The average molecular weight is 359 g/mol. The van der Waals surface area contributed by atoms with Crippen LogP contribution in [-0.4, -0.2) is 40.6 Å². The maximum atomic E-state index is 6.43. The molecule has 2 aromatic rings. The first-order valence-electron chi connectivity index (χ1n) is 9.23. The lowest BCUT2D eigenvalue weighted by Crippen LogP contribution is -2.27. The molecule has 2 unspecified atom stereocenters. The molecule has 0 saturated carbocycles. The van der Waals surface area contributed by atoms with E-state index in [9.17, 15) is 0 Å². The lowest BCUT2D eigenvalue weighted by atomic mass is 9.95. The molecule has 134 valence electrons. The predicted octanol–water partition coefficient (Wildman–Crippen LogP) is 3.50. The van der Waals surface area contributed by atoms with E-state index in [1.807, 2.05) is 19.4 Å². The first kappa shape index (κ1) is 16.8. The largest absolute Gasteiger partial charge is 0.489 e. The first-order chi connectivity index (χ1) is 12.2. The number of aryl methyl sites for hydroxylation is 1. The molecule has 2 aliphatic rings. The maximum absolute atomic E-state index is 6.43. The van der Waals surface area contributed by atoms with Crippen molar-refractivity contribution in [2.24, 2.45) is 0 Å². The minimum absolute atomic E-state index is 0.264. The zero-order chi connectivity index (χ0) is 17.2. The van der Waals surface area contributed by atoms with Crippen LogP contribution in [0.2, 0.25) is 0 Å². The molecule has 5 nitrogen and oxygen atoms in total. The fraction of sp³-hybridized carbons (Fsp3) is 0.579. The molecule has 1 aliphatic heterocycles. The van der Waals surface area contributed by atoms with Crippen molar-refractivity contribution in [1.29, 1.82) is 0 Å². The van der Waals surface area contributed by atoms with Gasteiger partial charge in [0.2, 0.25) is 0 Å². The van der Waals surface area contributed by atoms with Crippen molar-refractivity contribution in [1.82, 2.24) is 14.9 Å². The Balaban J connectivity index is 1.41. The second kappa shape index (κ2) is 7.30. The van der Waals surface area contributed by atoms with Crippen LogP contribution >= 0.6 is 11.3 Å². The number of nitrogens with one attached hydrogen (secondary N) is 1. The topological polar surface area (TPSA) is 50.3 Å². The number of pyridine rings is 1. The number of likely N-dealkylation sites (tertiary alicyclic amines) is 1. The summed E-state index contributed by atoms with van der Waals surface area (Å²) in [7, 11) is 1.92. The molecule has 3 heterocycles. The van der Waals surface area contributed by atoms with Crippen molar-refractivity contribution < 1.29 is 4.74 Å². The van der Waals surface area contributed by atoms with Gasteiger partial charge in [0.1, 0.15) is 11.9 Å². The molecule has 1 saturated heterocycles. The highest BCUT2D eigenvalue weighted by molar-refractivity contribution is 7.15. The summed E-state index contributed by atoms with van der Waals surface area (Å²) in [6.45, 7) is 4.23. The smallest absolute Gasteiger partial charge is 0.182 e. The summed E-state index contributed by atoms with van der Waals surface area (Å²) < 4.78 is 6.43. The molecule has 0 bridgehead atoms. The van der Waals surface area contributed by atoms with Crippen LogP contribution in [0.1, 0.15) is 42.3 Å². The molecule has 0 radical (unpaired) electrons. The van der Waals surface area contributed by atoms with Gasteiger partial charge in [0.15, 0.2) is 5.13 Å². The van der Waals surface area contributed by atoms with E-state index in [-0.39, 0.29) is 6.10 Å². The Morgan fingerprint density at radius 1 is 1.32 bits per heavy atom. The van der Waals surface area contributed by atoms with Gasteiger partial charge in [-0.05, 0) is 38.7 Å². The van der Waals surface area contributed by atoms with Gasteiger partial charge in [0, 0.05) is 61.1 Å². The van der Waals surface area contributed by atoms with Gasteiger partial charge in [-0.1, -0.05) is 0 Å². The van der Waals surface area contributed by atoms with E-state index in [0.717, 1.165) is 43.2 Å². The molecule has 25 heavy (non-hydrogen) atoms. The molecule has 2 atom stereocenters. The highest BCUT2D eigenvalue weighted by Crippen LogP contribution is 2.31. The number of thiazole rings is 1. The minimum Gasteiger partial charge on any atom is -0.489 e. The second-order valence-electron chi connectivity index (χ2n) is 7.08. The standard InChI is InChI=1S/C19H26N4OS/c1-13-9-14(11-23(13)12-15-10-22-19(20-2)25-15)24-18-7-8-21-17-6-4-3-5-16(17)18/h7-8,10,13-14H,3-6,9,11-12H2,1-2H3,(H,20,22). The summed E-state index contributed by atoms with van der Waals surface area (Å²) in [4.78, 5) is 12.7. The van der Waals surface area contributed by atoms with Crippen LogP contribution in [0.5, 0.6) is 5.75 Å². The highest BCUT2D eigenvalue weighted by Gasteiger charge is 2.31. The Morgan fingerprint density at radius 2 is 2.20 bits per heavy atom. The molecule has 6 heteroatoms. The van der Waals surface area contributed by atoms with Gasteiger partial charge in [-0.25, -0.2) is 4.98 Å². The quantitative estimate of drug-likeness (QED) is 0.886. The van der Waals surface area contributed by atoms with E-state index < -0.39 is 0 Å². The lowest BCUT2D eigenvalue weighted by molar-refractivity contribution is 0.193. The number of fused-ring (bicyclic) bond motifs is 1. The third-order valence-corrected chi connectivity index (χ3v) is 6.28. The van der Waals surface area contributed by atoms with Crippen molar-refractivity contribution in [3.05, 3.63) is 34.6 Å². The summed E-state index contributed by atoms with van der Waals surface area (Å²) in [6.07, 6.45) is 9.94. The lowest BCUT2D eigenvalue weighted by Gasteiger charge is -2.21. The molecule has 0 spiro atoms. The number of hydrogen-bond acceptors (Lipinski definition) is 6. The summed E-state index contributed by atoms with van der Waals surface area (Å²) >= 11 is 1.73. The van der Waals surface area contributed by atoms with Gasteiger partial charge in [-0.15, -0.1) is 11.3 Å². The zero-order valence-electron chi connectivity index (χ0n) is 15.0. The Morgan fingerprint density at radius 3 is 3.04 bits per heavy atom. The van der Waals surface area contributed by atoms with E-state index in [1.54, 1.807) is 11.3 Å². The molecule has 1 aliphatic carbocycles. The van der Waals surface area contributed by atoms with Gasteiger partial charge < -0.3 is 10.1 Å². The van der Waals surface area contributed by atoms with Gasteiger partial charge in [0.25, 0.3) is 0 Å². The molecule has 1 N–H and O–H groups in total. The summed E-state index contributed by atoms with van der Waals surface area (Å²) in [5, 5.41) is 4.10. The fourth-order valence-electron chi connectivity index (χ4n) is 3.93. The van der Waals surface area contributed by atoms with E-state index in [0.29, 0.717) is 6.04 Å². The van der Waals surface area contributed by atoms with E-state index in [2.05, 4.69) is 33.2 Å². The van der Waals surface area contributed by atoms with Crippen LogP contribution in [0, 0.1) is 0 Å². The van der Waals surface area contributed by atoms with Crippen LogP contribution in [-0.2, 0) is 19.4 Å². The average Bonchev–Trinajstić information content (AvgIpc) is 3.22. The number of nitrogens with zero attached hydrogens (tertiary/aromatic N) is 3. The van der Waals surface area contributed by atoms with Crippen molar-refractivity contribution in [3.8, 4) is 5.75 Å². The Kier molecular flexibility index (Phi) is 4.90. The number of rotatable bonds is 5. The van der Waals surface area contributed by atoms with Crippen LogP contribution in [0.25, 0.3) is 0 Å². The van der Waals surface area contributed by atoms with Crippen LogP contribution in [0.15, 0.2) is 18.5 Å². The number of hydrogen-bond donors (Lipinski definition) is 1. The van der Waals surface area contributed by atoms with E-state index >= 15 is 0 Å². The Labute approximate surface area is 153 Å². The van der Waals surface area contributed by atoms with Gasteiger partial charge in [-0.3, -0.25) is 9.88 Å².